The highest BCUT2D eigenvalue weighted by Gasteiger charge is 2.32. The number of amidine groups is 1. The fourth-order valence-electron chi connectivity index (χ4n) is 3.86. The van der Waals surface area contributed by atoms with Crippen LogP contribution in [-0.4, -0.2) is 40.2 Å². The number of hydrogen-bond donors (Lipinski definition) is 0. The van der Waals surface area contributed by atoms with E-state index in [9.17, 15) is 14.0 Å². The van der Waals surface area contributed by atoms with Gasteiger partial charge >= 0.3 is 5.97 Å². The number of rotatable bonds is 5. The molecule has 2 aromatic carbocycles. The number of halogens is 1. The zero-order valence-electron chi connectivity index (χ0n) is 19.3. The van der Waals surface area contributed by atoms with E-state index in [2.05, 4.69) is 4.99 Å². The molecule has 1 aromatic heterocycles. The summed E-state index contributed by atoms with van der Waals surface area (Å²) in [6.45, 7) is 6.31. The first-order valence-corrected chi connectivity index (χ1v) is 11.6. The van der Waals surface area contributed by atoms with Gasteiger partial charge in [-0.2, -0.15) is 0 Å². The smallest absolute Gasteiger partial charge is 0.337 e. The van der Waals surface area contributed by atoms with Crippen LogP contribution in [0.5, 0.6) is 0 Å². The Morgan fingerprint density at radius 3 is 2.56 bits per heavy atom. The Labute approximate surface area is 201 Å². The van der Waals surface area contributed by atoms with E-state index in [1.165, 1.54) is 31.0 Å². The summed E-state index contributed by atoms with van der Waals surface area (Å²) >= 11 is 1.30. The molecule has 3 aromatic rings. The molecule has 1 amide bonds. The van der Waals surface area contributed by atoms with E-state index in [0.717, 1.165) is 22.6 Å². The van der Waals surface area contributed by atoms with Crippen LogP contribution in [0, 0.1) is 19.7 Å². The molecule has 0 radical (unpaired) electrons. The summed E-state index contributed by atoms with van der Waals surface area (Å²) in [6.07, 6.45) is 1.87. The van der Waals surface area contributed by atoms with Crippen LogP contribution in [0.1, 0.15) is 34.2 Å². The number of amides is 1. The highest BCUT2D eigenvalue weighted by molar-refractivity contribution is 8.18. The number of aliphatic imine (C=N–C) groups is 1. The molecule has 6 nitrogen and oxygen atoms in total. The van der Waals surface area contributed by atoms with Gasteiger partial charge < -0.3 is 9.30 Å². The van der Waals surface area contributed by atoms with Gasteiger partial charge in [-0.05, 0) is 92.7 Å². The summed E-state index contributed by atoms with van der Waals surface area (Å²) in [5.74, 6) is -0.849. The molecule has 1 saturated heterocycles. The largest absolute Gasteiger partial charge is 0.465 e. The number of nitrogens with zero attached hydrogens (tertiary/aromatic N) is 3. The molecule has 0 bridgehead atoms. The van der Waals surface area contributed by atoms with Gasteiger partial charge in [-0.25, -0.2) is 14.2 Å². The van der Waals surface area contributed by atoms with Crippen molar-refractivity contribution in [2.24, 2.45) is 4.99 Å². The van der Waals surface area contributed by atoms with Crippen molar-refractivity contribution in [2.45, 2.75) is 20.8 Å². The van der Waals surface area contributed by atoms with Crippen LogP contribution >= 0.6 is 11.8 Å². The predicted molar refractivity (Wildman–Crippen MR) is 133 cm³/mol. The second-order valence-corrected chi connectivity index (χ2v) is 8.74. The number of esters is 1. The summed E-state index contributed by atoms with van der Waals surface area (Å²) < 4.78 is 20.1. The van der Waals surface area contributed by atoms with Crippen LogP contribution in [0.25, 0.3) is 11.8 Å². The summed E-state index contributed by atoms with van der Waals surface area (Å²) in [7, 11) is 1.36. The van der Waals surface area contributed by atoms with Crippen molar-refractivity contribution in [2.75, 3.05) is 13.7 Å². The first-order chi connectivity index (χ1) is 16.3. The number of likely N-dealkylation sites (N-methyl/N-ethyl adjacent to an activating group) is 1. The Hall–Kier alpha value is -3.65. The van der Waals surface area contributed by atoms with E-state index in [4.69, 9.17) is 4.74 Å². The van der Waals surface area contributed by atoms with E-state index >= 15 is 0 Å². The fraction of sp³-hybridized carbons (Fsp3) is 0.192. The highest BCUT2D eigenvalue weighted by atomic mass is 32.2. The SMILES string of the molecule is CCN1C(=O)/C(=C\c2cc(C)n(-c3cccc(C(=O)OC)c3)c2C)SC1=Nc1ccc(F)cc1. The Bertz CT molecular complexity index is 1330. The zero-order valence-corrected chi connectivity index (χ0v) is 20.1. The first-order valence-electron chi connectivity index (χ1n) is 10.8. The van der Waals surface area contributed by atoms with Crippen LogP contribution < -0.4 is 0 Å². The maximum absolute atomic E-state index is 13.2. The van der Waals surface area contributed by atoms with Gasteiger partial charge in [0.1, 0.15) is 5.82 Å². The summed E-state index contributed by atoms with van der Waals surface area (Å²) in [5.41, 5.74) is 4.69. The lowest BCUT2D eigenvalue weighted by molar-refractivity contribution is -0.122. The molecule has 34 heavy (non-hydrogen) atoms. The maximum atomic E-state index is 13.2. The van der Waals surface area contributed by atoms with Gasteiger partial charge in [0, 0.05) is 23.6 Å². The fourth-order valence-corrected chi connectivity index (χ4v) is 4.91. The number of carbonyl (C=O) groups is 2. The van der Waals surface area contributed by atoms with Gasteiger partial charge in [0.25, 0.3) is 5.91 Å². The number of carbonyl (C=O) groups excluding carboxylic acids is 2. The van der Waals surface area contributed by atoms with Gasteiger partial charge in [-0.15, -0.1) is 0 Å². The van der Waals surface area contributed by atoms with E-state index in [1.54, 1.807) is 29.2 Å². The second-order valence-electron chi connectivity index (χ2n) is 7.73. The Morgan fingerprint density at radius 2 is 1.88 bits per heavy atom. The molecule has 4 rings (SSSR count). The maximum Gasteiger partial charge on any atom is 0.337 e. The van der Waals surface area contributed by atoms with Gasteiger partial charge in [-0.1, -0.05) is 6.07 Å². The average molecular weight is 478 g/mol. The molecular weight excluding hydrogens is 453 g/mol. The lowest BCUT2D eigenvalue weighted by atomic mass is 10.2. The minimum Gasteiger partial charge on any atom is -0.465 e. The van der Waals surface area contributed by atoms with Crippen molar-refractivity contribution < 1.29 is 18.7 Å². The third-order valence-corrected chi connectivity index (χ3v) is 6.54. The minimum atomic E-state index is -0.396. The number of ether oxygens (including phenoxy) is 1. The molecule has 174 valence electrons. The van der Waals surface area contributed by atoms with Gasteiger partial charge in [0.05, 0.1) is 23.3 Å². The number of aromatic nitrogens is 1. The van der Waals surface area contributed by atoms with Crippen molar-refractivity contribution in [3.05, 3.63) is 87.8 Å². The molecule has 0 saturated carbocycles. The molecule has 0 aliphatic carbocycles. The number of methoxy groups -OCH3 is 1. The normalized spacial score (nSPS) is 16.0. The topological polar surface area (TPSA) is 63.9 Å². The van der Waals surface area contributed by atoms with Crippen LogP contribution in [-0.2, 0) is 9.53 Å². The molecule has 1 fully saturated rings. The molecule has 8 heteroatoms. The second kappa shape index (κ2) is 9.69. The zero-order chi connectivity index (χ0) is 24.4. The Balaban J connectivity index is 1.69. The van der Waals surface area contributed by atoms with Gasteiger partial charge in [0.15, 0.2) is 5.17 Å². The highest BCUT2D eigenvalue weighted by Crippen LogP contribution is 2.35. The molecule has 2 heterocycles. The van der Waals surface area contributed by atoms with Crippen molar-refractivity contribution >= 4 is 40.6 Å². The van der Waals surface area contributed by atoms with E-state index < -0.39 is 5.97 Å². The quantitative estimate of drug-likeness (QED) is 0.352. The lowest BCUT2D eigenvalue weighted by Crippen LogP contribution is -2.28. The average Bonchev–Trinajstić information content (AvgIpc) is 3.28. The molecule has 0 spiro atoms. The summed E-state index contributed by atoms with van der Waals surface area (Å²) in [5, 5.41) is 0.560. The van der Waals surface area contributed by atoms with Crippen molar-refractivity contribution in [1.29, 1.82) is 0 Å². The first kappa shape index (κ1) is 23.5. The van der Waals surface area contributed by atoms with Crippen LogP contribution in [0.15, 0.2) is 64.5 Å². The molecular formula is C26H24FN3O3S. The van der Waals surface area contributed by atoms with Crippen molar-refractivity contribution in [1.82, 2.24) is 9.47 Å². The minimum absolute atomic E-state index is 0.120. The lowest BCUT2D eigenvalue weighted by Gasteiger charge is -2.12. The predicted octanol–water partition coefficient (Wildman–Crippen LogP) is 5.64. The third-order valence-electron chi connectivity index (χ3n) is 5.54. The van der Waals surface area contributed by atoms with Gasteiger partial charge in [-0.3, -0.25) is 9.69 Å². The van der Waals surface area contributed by atoms with Crippen molar-refractivity contribution in [3.63, 3.8) is 0 Å². The summed E-state index contributed by atoms with van der Waals surface area (Å²) in [4.78, 5) is 31.7. The molecule has 0 atom stereocenters. The molecule has 1 aliphatic rings. The van der Waals surface area contributed by atoms with E-state index in [1.807, 2.05) is 49.6 Å². The third kappa shape index (κ3) is 4.54. The number of aryl methyl sites for hydroxylation is 1. The molecule has 0 unspecified atom stereocenters. The van der Waals surface area contributed by atoms with Gasteiger partial charge in [0.2, 0.25) is 0 Å². The Morgan fingerprint density at radius 1 is 1.15 bits per heavy atom. The molecule has 0 N–H and O–H groups in total. The Kier molecular flexibility index (Phi) is 6.70. The van der Waals surface area contributed by atoms with Crippen LogP contribution in [0.2, 0.25) is 0 Å². The van der Waals surface area contributed by atoms with E-state index in [-0.39, 0.29) is 11.7 Å². The molecule has 1 aliphatic heterocycles. The number of hydrogen-bond acceptors (Lipinski definition) is 5. The summed E-state index contributed by atoms with van der Waals surface area (Å²) in [6, 6.07) is 15.1. The number of benzene rings is 2. The van der Waals surface area contributed by atoms with Crippen LogP contribution in [0.4, 0.5) is 10.1 Å². The number of thioether (sulfide) groups is 1. The standard InChI is InChI=1S/C26H24FN3O3S/c1-5-29-24(31)23(34-26(29)28-21-11-9-20(27)10-12-21)15-19-13-16(2)30(17(19)3)22-8-6-7-18(14-22)25(32)33-4/h6-15H,5H2,1-4H3/b23-15+,28-26?. The monoisotopic (exact) mass is 477 g/mol. The van der Waals surface area contributed by atoms with Crippen molar-refractivity contribution in [3.8, 4) is 5.69 Å². The van der Waals surface area contributed by atoms with E-state index in [0.29, 0.717) is 27.9 Å². The van der Waals surface area contributed by atoms with Crippen LogP contribution in [0.3, 0.4) is 0 Å².